The van der Waals surface area contributed by atoms with Gasteiger partial charge < -0.3 is 0 Å². The summed E-state index contributed by atoms with van der Waals surface area (Å²) in [5, 5.41) is 10.3. The van der Waals surface area contributed by atoms with Crippen LogP contribution in [0.4, 0.5) is 0 Å². The highest BCUT2D eigenvalue weighted by Crippen LogP contribution is 2.52. The normalized spacial score (nSPS) is 12.9. The first-order valence-corrected chi connectivity index (χ1v) is 18.3. The summed E-state index contributed by atoms with van der Waals surface area (Å²) in [6.45, 7) is 8.73. The van der Waals surface area contributed by atoms with Crippen molar-refractivity contribution in [2.75, 3.05) is 0 Å². The van der Waals surface area contributed by atoms with E-state index in [-0.39, 0.29) is 5.41 Å². The molecule has 9 aromatic carbocycles. The molecule has 0 radical (unpaired) electrons. The third-order valence-corrected chi connectivity index (χ3v) is 11.0. The summed E-state index contributed by atoms with van der Waals surface area (Å²) < 4.78 is 0. The molecule has 0 nitrogen and oxygen atoms in total. The highest BCUT2D eigenvalue weighted by atomic mass is 14.4. The fourth-order valence-electron chi connectivity index (χ4n) is 8.73. The highest BCUT2D eigenvalue weighted by Gasteiger charge is 2.36. The Hall–Kier alpha value is -5.98. The molecule has 0 heterocycles. The van der Waals surface area contributed by atoms with Crippen molar-refractivity contribution >= 4 is 43.1 Å². The van der Waals surface area contributed by atoms with Crippen LogP contribution in [0, 0.1) is 0 Å². The average molecular weight is 653 g/mol. The Morgan fingerprint density at radius 2 is 0.804 bits per heavy atom. The lowest BCUT2D eigenvalue weighted by molar-refractivity contribution is 0.661. The monoisotopic (exact) mass is 652 g/mol. The number of benzene rings is 9. The Balaban J connectivity index is 0.00000171. The number of fused-ring (bicyclic) bond motifs is 8. The smallest absolute Gasteiger partial charge is 0.0159 e. The van der Waals surface area contributed by atoms with Gasteiger partial charge in [-0.15, -0.1) is 0 Å². The first-order valence-electron chi connectivity index (χ1n) is 18.3. The van der Waals surface area contributed by atoms with Crippen LogP contribution in [0.2, 0.25) is 0 Å². The van der Waals surface area contributed by atoms with Gasteiger partial charge in [-0.3, -0.25) is 0 Å². The minimum atomic E-state index is -0.0429. The van der Waals surface area contributed by atoms with E-state index in [0.717, 1.165) is 0 Å². The molecule has 0 amide bonds. The summed E-state index contributed by atoms with van der Waals surface area (Å²) in [4.78, 5) is 0. The summed E-state index contributed by atoms with van der Waals surface area (Å²) in [6, 6.07) is 63.1. The fourth-order valence-corrected chi connectivity index (χ4v) is 8.73. The van der Waals surface area contributed by atoms with Crippen molar-refractivity contribution in [2.45, 2.75) is 33.1 Å². The van der Waals surface area contributed by atoms with E-state index in [0.29, 0.717) is 0 Å². The summed E-state index contributed by atoms with van der Waals surface area (Å²) in [6.07, 6.45) is 0. The van der Waals surface area contributed by atoms with E-state index in [1.165, 1.54) is 98.7 Å². The molecule has 1 aliphatic rings. The van der Waals surface area contributed by atoms with Crippen molar-refractivity contribution in [3.8, 4) is 44.5 Å². The van der Waals surface area contributed by atoms with Gasteiger partial charge in [-0.25, -0.2) is 0 Å². The van der Waals surface area contributed by atoms with Gasteiger partial charge in [-0.1, -0.05) is 185 Å². The molecular weight excluding hydrogens is 613 g/mol. The number of rotatable bonds is 3. The molecule has 0 aromatic heterocycles. The molecule has 51 heavy (non-hydrogen) atoms. The molecule has 244 valence electrons. The van der Waals surface area contributed by atoms with Crippen LogP contribution < -0.4 is 0 Å². The van der Waals surface area contributed by atoms with Crippen molar-refractivity contribution < 1.29 is 0 Å². The van der Waals surface area contributed by atoms with Crippen LogP contribution in [0.15, 0.2) is 170 Å². The minimum absolute atomic E-state index is 0.0429. The lowest BCUT2D eigenvalue weighted by Crippen LogP contribution is -2.14. The second-order valence-corrected chi connectivity index (χ2v) is 14.0. The third-order valence-electron chi connectivity index (χ3n) is 11.0. The molecule has 9 aromatic rings. The summed E-state index contributed by atoms with van der Waals surface area (Å²) in [5.74, 6) is 0. The summed E-state index contributed by atoms with van der Waals surface area (Å²) in [5.41, 5.74) is 13.1. The van der Waals surface area contributed by atoms with Crippen LogP contribution in [0.3, 0.4) is 0 Å². The Kier molecular flexibility index (Phi) is 7.37. The van der Waals surface area contributed by atoms with E-state index in [4.69, 9.17) is 0 Å². The van der Waals surface area contributed by atoms with E-state index in [1.54, 1.807) is 0 Å². The first-order chi connectivity index (χ1) is 25.1. The predicted octanol–water partition coefficient (Wildman–Crippen LogP) is 14.6. The summed E-state index contributed by atoms with van der Waals surface area (Å²) in [7, 11) is 0. The Bertz CT molecular complexity index is 2730. The third kappa shape index (κ3) is 4.74. The van der Waals surface area contributed by atoms with Crippen LogP contribution in [-0.4, -0.2) is 0 Å². The van der Waals surface area contributed by atoms with Crippen molar-refractivity contribution in [1.82, 2.24) is 0 Å². The van der Waals surface area contributed by atoms with Crippen molar-refractivity contribution in [3.05, 3.63) is 181 Å². The molecule has 0 saturated carbocycles. The van der Waals surface area contributed by atoms with Crippen LogP contribution >= 0.6 is 0 Å². The largest absolute Gasteiger partial charge is 0.0683 e. The molecular formula is C51H40. The Morgan fingerprint density at radius 3 is 1.49 bits per heavy atom. The van der Waals surface area contributed by atoms with E-state index in [9.17, 15) is 0 Å². The van der Waals surface area contributed by atoms with Crippen LogP contribution in [0.1, 0.15) is 38.8 Å². The van der Waals surface area contributed by atoms with Gasteiger partial charge in [0, 0.05) is 5.41 Å². The molecule has 0 spiro atoms. The van der Waals surface area contributed by atoms with Gasteiger partial charge >= 0.3 is 0 Å². The lowest BCUT2D eigenvalue weighted by atomic mass is 9.81. The van der Waals surface area contributed by atoms with Crippen molar-refractivity contribution in [1.29, 1.82) is 0 Å². The second kappa shape index (κ2) is 12.1. The molecule has 0 saturated heterocycles. The van der Waals surface area contributed by atoms with Gasteiger partial charge in [-0.05, 0) is 111 Å². The van der Waals surface area contributed by atoms with E-state index in [1.807, 2.05) is 13.8 Å². The number of hydrogen-bond acceptors (Lipinski definition) is 0. The standard InChI is InChI=1S/C49H34.C2H6/c1-49(2)44-27-26-34(30-43(44)48-37-19-6-4-14-32(37)25-28-45(48)49)33-16-11-17-35(29-33)46-39-20-7-9-22-41(39)47(42-23-10-8-21-40(42)46)38-24-12-15-31-13-3-5-18-36(31)38;1-2/h3-30H,1-2H3;1-2H3. The molecule has 0 aliphatic heterocycles. The zero-order valence-corrected chi connectivity index (χ0v) is 29.7. The molecule has 0 fully saturated rings. The van der Waals surface area contributed by atoms with Crippen LogP contribution in [-0.2, 0) is 5.41 Å². The maximum atomic E-state index is 2.44. The quantitative estimate of drug-likeness (QED) is 0.167. The molecule has 0 N–H and O–H groups in total. The van der Waals surface area contributed by atoms with Gasteiger partial charge in [0.2, 0.25) is 0 Å². The second-order valence-electron chi connectivity index (χ2n) is 14.0. The zero-order valence-electron chi connectivity index (χ0n) is 29.7. The summed E-state index contributed by atoms with van der Waals surface area (Å²) >= 11 is 0. The predicted molar refractivity (Wildman–Crippen MR) is 222 cm³/mol. The van der Waals surface area contributed by atoms with Gasteiger partial charge in [0.15, 0.2) is 0 Å². The van der Waals surface area contributed by atoms with E-state index < -0.39 is 0 Å². The maximum absolute atomic E-state index is 2.44. The molecule has 0 unspecified atom stereocenters. The molecule has 1 aliphatic carbocycles. The van der Waals surface area contributed by atoms with Gasteiger partial charge in [0.1, 0.15) is 0 Å². The van der Waals surface area contributed by atoms with E-state index in [2.05, 4.69) is 184 Å². The van der Waals surface area contributed by atoms with Crippen LogP contribution in [0.25, 0.3) is 87.6 Å². The van der Waals surface area contributed by atoms with E-state index >= 15 is 0 Å². The SMILES string of the molecule is CC.CC1(C)c2ccc(-c3cccc(-c4c5ccccc5c(-c5cccc6ccccc56)c5ccccc45)c3)cc2-c2c1ccc1ccccc21. The van der Waals surface area contributed by atoms with Crippen molar-refractivity contribution in [2.24, 2.45) is 0 Å². The van der Waals surface area contributed by atoms with Gasteiger partial charge in [0.25, 0.3) is 0 Å². The molecule has 0 bridgehead atoms. The zero-order chi connectivity index (χ0) is 34.7. The minimum Gasteiger partial charge on any atom is -0.0683 e. The van der Waals surface area contributed by atoms with Crippen LogP contribution in [0.5, 0.6) is 0 Å². The molecule has 10 rings (SSSR count). The van der Waals surface area contributed by atoms with Crippen molar-refractivity contribution in [3.63, 3.8) is 0 Å². The van der Waals surface area contributed by atoms with Gasteiger partial charge in [-0.2, -0.15) is 0 Å². The Morgan fingerprint density at radius 1 is 0.314 bits per heavy atom. The van der Waals surface area contributed by atoms with Gasteiger partial charge in [0.05, 0.1) is 0 Å². The topological polar surface area (TPSA) is 0 Å². The first kappa shape index (κ1) is 31.0. The Labute approximate surface area is 300 Å². The molecule has 0 heteroatoms. The average Bonchev–Trinajstić information content (AvgIpc) is 3.43. The highest BCUT2D eigenvalue weighted by molar-refractivity contribution is 6.23. The lowest BCUT2D eigenvalue weighted by Gasteiger charge is -2.21. The fraction of sp³-hybridized carbons (Fsp3) is 0.0980. The maximum Gasteiger partial charge on any atom is 0.0159 e. The number of hydrogen-bond donors (Lipinski definition) is 0. The molecule has 0 atom stereocenters.